The van der Waals surface area contributed by atoms with Gasteiger partial charge >= 0.3 is 5.97 Å². The highest BCUT2D eigenvalue weighted by atomic mass is 19.1. The molecule has 3 rings (SSSR count). The number of hydrogen-bond donors (Lipinski definition) is 2. The summed E-state index contributed by atoms with van der Waals surface area (Å²) in [5.74, 6) is -3.42. The summed E-state index contributed by atoms with van der Waals surface area (Å²) in [6, 6.07) is 4.11. The van der Waals surface area contributed by atoms with Gasteiger partial charge in [0.1, 0.15) is 5.82 Å². The molecule has 2 heterocycles. The molecule has 1 amide bonds. The Kier molecular flexibility index (Phi) is 3.41. The highest BCUT2D eigenvalue weighted by Gasteiger charge is 2.55. The number of aliphatic carboxylic acids is 1. The van der Waals surface area contributed by atoms with Gasteiger partial charge in [-0.05, 0) is 37.5 Å². The third-order valence-corrected chi connectivity index (χ3v) is 4.32. The summed E-state index contributed by atoms with van der Waals surface area (Å²) in [7, 11) is 0. The minimum Gasteiger partial charge on any atom is -0.481 e. The van der Waals surface area contributed by atoms with Crippen LogP contribution in [0.15, 0.2) is 18.2 Å². The molecule has 4 atom stereocenters. The Labute approximate surface area is 121 Å². The van der Waals surface area contributed by atoms with E-state index < -0.39 is 35.6 Å². The fourth-order valence-electron chi connectivity index (χ4n) is 3.27. The monoisotopic (exact) mass is 293 g/mol. The van der Waals surface area contributed by atoms with Crippen molar-refractivity contribution in [2.45, 2.75) is 32.0 Å². The average molecular weight is 293 g/mol. The summed E-state index contributed by atoms with van der Waals surface area (Å²) < 4.78 is 18.8. The van der Waals surface area contributed by atoms with Crippen molar-refractivity contribution in [1.82, 2.24) is 0 Å². The number of carboxylic acids is 1. The van der Waals surface area contributed by atoms with Gasteiger partial charge in [-0.25, -0.2) is 4.39 Å². The van der Waals surface area contributed by atoms with Crippen LogP contribution < -0.4 is 5.32 Å². The summed E-state index contributed by atoms with van der Waals surface area (Å²) in [6.45, 7) is 1.75. The molecule has 0 radical (unpaired) electrons. The van der Waals surface area contributed by atoms with E-state index in [0.29, 0.717) is 18.5 Å². The predicted molar refractivity (Wildman–Crippen MR) is 72.3 cm³/mol. The summed E-state index contributed by atoms with van der Waals surface area (Å²) in [6.07, 6.45) is 0.612. The van der Waals surface area contributed by atoms with Crippen LogP contribution in [-0.4, -0.2) is 29.2 Å². The SMILES string of the molecule is Cc1ccc(F)cc1NC(=O)[C@H]1[C@@H](C(=O)O)[C@@H]2CC[C@H]1O2. The van der Waals surface area contributed by atoms with E-state index in [-0.39, 0.29) is 6.10 Å². The highest BCUT2D eigenvalue weighted by molar-refractivity contribution is 5.96. The van der Waals surface area contributed by atoms with E-state index >= 15 is 0 Å². The number of carbonyl (C=O) groups excluding carboxylic acids is 1. The van der Waals surface area contributed by atoms with E-state index in [1.807, 2.05) is 0 Å². The lowest BCUT2D eigenvalue weighted by molar-refractivity contribution is -0.147. The van der Waals surface area contributed by atoms with Crippen LogP contribution in [0.4, 0.5) is 10.1 Å². The van der Waals surface area contributed by atoms with Crippen molar-refractivity contribution < 1.29 is 23.8 Å². The number of ether oxygens (including phenoxy) is 1. The lowest BCUT2D eigenvalue weighted by Gasteiger charge is -2.24. The number of fused-ring (bicyclic) bond motifs is 2. The normalized spacial score (nSPS) is 30.4. The first-order valence-electron chi connectivity index (χ1n) is 6.92. The largest absolute Gasteiger partial charge is 0.481 e. The molecule has 0 aromatic heterocycles. The van der Waals surface area contributed by atoms with Gasteiger partial charge in [-0.1, -0.05) is 6.07 Å². The molecule has 0 unspecified atom stereocenters. The van der Waals surface area contributed by atoms with E-state index in [9.17, 15) is 19.1 Å². The van der Waals surface area contributed by atoms with Gasteiger partial charge in [-0.15, -0.1) is 0 Å². The average Bonchev–Trinajstić information content (AvgIpc) is 3.03. The molecule has 2 saturated heterocycles. The maximum Gasteiger partial charge on any atom is 0.310 e. The van der Waals surface area contributed by atoms with E-state index in [2.05, 4.69) is 5.32 Å². The number of aryl methyl sites for hydroxylation is 1. The summed E-state index contributed by atoms with van der Waals surface area (Å²) in [4.78, 5) is 23.8. The van der Waals surface area contributed by atoms with Gasteiger partial charge < -0.3 is 15.2 Å². The minimum absolute atomic E-state index is 0.357. The molecular weight excluding hydrogens is 277 g/mol. The number of carboxylic acid groups (broad SMARTS) is 1. The summed E-state index contributed by atoms with van der Waals surface area (Å²) in [5.41, 5.74) is 1.09. The quantitative estimate of drug-likeness (QED) is 0.893. The Morgan fingerprint density at radius 1 is 1.29 bits per heavy atom. The van der Waals surface area contributed by atoms with Gasteiger partial charge in [-0.3, -0.25) is 9.59 Å². The summed E-state index contributed by atoms with van der Waals surface area (Å²) >= 11 is 0. The number of nitrogens with one attached hydrogen (secondary N) is 1. The van der Waals surface area contributed by atoms with Crippen molar-refractivity contribution >= 4 is 17.6 Å². The predicted octanol–water partition coefficient (Wildman–Crippen LogP) is 1.95. The zero-order valence-corrected chi connectivity index (χ0v) is 11.5. The van der Waals surface area contributed by atoms with Crippen LogP contribution in [0.3, 0.4) is 0 Å². The number of rotatable bonds is 3. The number of hydrogen-bond acceptors (Lipinski definition) is 3. The second-order valence-electron chi connectivity index (χ2n) is 5.63. The standard InChI is InChI=1S/C15H16FNO4/c1-7-2-3-8(16)6-9(7)17-14(18)12-10-4-5-11(21-10)13(12)15(19)20/h2-3,6,10-13H,4-5H2,1H3,(H,17,18)(H,19,20)/t10-,11+,12-,13+/m1/s1. The molecule has 2 aliphatic rings. The van der Waals surface area contributed by atoms with E-state index in [1.165, 1.54) is 12.1 Å². The van der Waals surface area contributed by atoms with Crippen molar-refractivity contribution in [2.75, 3.05) is 5.32 Å². The van der Waals surface area contributed by atoms with Crippen molar-refractivity contribution in [3.05, 3.63) is 29.6 Å². The first-order valence-corrected chi connectivity index (χ1v) is 6.92. The van der Waals surface area contributed by atoms with Crippen LogP contribution in [0.2, 0.25) is 0 Å². The maximum absolute atomic E-state index is 13.3. The van der Waals surface area contributed by atoms with E-state index in [0.717, 1.165) is 5.56 Å². The zero-order valence-electron chi connectivity index (χ0n) is 11.5. The number of halogens is 1. The fraction of sp³-hybridized carbons (Fsp3) is 0.467. The third-order valence-electron chi connectivity index (χ3n) is 4.32. The molecule has 5 nitrogen and oxygen atoms in total. The van der Waals surface area contributed by atoms with Crippen molar-refractivity contribution in [1.29, 1.82) is 0 Å². The smallest absolute Gasteiger partial charge is 0.310 e. The van der Waals surface area contributed by atoms with Crippen LogP contribution in [0, 0.1) is 24.6 Å². The first-order chi connectivity index (χ1) is 9.97. The molecule has 2 fully saturated rings. The molecule has 1 aromatic rings. The molecule has 2 aliphatic heterocycles. The van der Waals surface area contributed by atoms with Crippen molar-refractivity contribution in [3.8, 4) is 0 Å². The Morgan fingerprint density at radius 2 is 1.95 bits per heavy atom. The first kappa shape index (κ1) is 14.0. The Balaban J connectivity index is 1.81. The van der Waals surface area contributed by atoms with Crippen LogP contribution in [0.1, 0.15) is 18.4 Å². The second kappa shape index (κ2) is 5.11. The number of benzene rings is 1. The topological polar surface area (TPSA) is 75.6 Å². The summed E-state index contributed by atoms with van der Waals surface area (Å²) in [5, 5.41) is 11.9. The number of amides is 1. The number of carbonyl (C=O) groups is 2. The van der Waals surface area contributed by atoms with Crippen molar-refractivity contribution in [3.63, 3.8) is 0 Å². The van der Waals surface area contributed by atoms with Gasteiger partial charge in [-0.2, -0.15) is 0 Å². The van der Waals surface area contributed by atoms with Gasteiger partial charge in [0.2, 0.25) is 5.91 Å². The Bertz CT molecular complexity index is 603. The molecule has 0 spiro atoms. The zero-order chi connectivity index (χ0) is 15.1. The molecule has 2 bridgehead atoms. The molecule has 21 heavy (non-hydrogen) atoms. The van der Waals surface area contributed by atoms with E-state index in [1.54, 1.807) is 13.0 Å². The minimum atomic E-state index is -1.02. The second-order valence-corrected chi connectivity index (χ2v) is 5.63. The molecule has 1 aromatic carbocycles. The van der Waals surface area contributed by atoms with Crippen LogP contribution in [0.25, 0.3) is 0 Å². The van der Waals surface area contributed by atoms with E-state index in [4.69, 9.17) is 4.74 Å². The molecular formula is C15H16FNO4. The molecule has 6 heteroatoms. The molecule has 0 saturated carbocycles. The number of anilines is 1. The van der Waals surface area contributed by atoms with Gasteiger partial charge in [0.15, 0.2) is 0 Å². The lowest BCUT2D eigenvalue weighted by Crippen LogP contribution is -2.41. The molecule has 2 N–H and O–H groups in total. The maximum atomic E-state index is 13.3. The molecule has 0 aliphatic carbocycles. The lowest BCUT2D eigenvalue weighted by atomic mass is 9.78. The van der Waals surface area contributed by atoms with Crippen molar-refractivity contribution in [2.24, 2.45) is 11.8 Å². The van der Waals surface area contributed by atoms with Crippen LogP contribution >= 0.6 is 0 Å². The third kappa shape index (κ3) is 2.40. The van der Waals surface area contributed by atoms with Crippen LogP contribution in [-0.2, 0) is 14.3 Å². The fourth-order valence-corrected chi connectivity index (χ4v) is 3.27. The Hall–Kier alpha value is -1.95. The van der Waals surface area contributed by atoms with Crippen LogP contribution in [0.5, 0.6) is 0 Å². The van der Waals surface area contributed by atoms with Gasteiger partial charge in [0.25, 0.3) is 0 Å². The van der Waals surface area contributed by atoms with Gasteiger partial charge in [0.05, 0.1) is 24.0 Å². The highest BCUT2D eigenvalue weighted by Crippen LogP contribution is 2.44. The Morgan fingerprint density at radius 3 is 2.62 bits per heavy atom. The van der Waals surface area contributed by atoms with Gasteiger partial charge in [0, 0.05) is 5.69 Å². The molecule has 112 valence electrons.